The third kappa shape index (κ3) is 6.54. The first-order valence-corrected chi connectivity index (χ1v) is 7.24. The van der Waals surface area contributed by atoms with E-state index in [9.17, 15) is 0 Å². The van der Waals surface area contributed by atoms with Crippen LogP contribution in [0.25, 0.3) is 0 Å². The van der Waals surface area contributed by atoms with Gasteiger partial charge in [0.1, 0.15) is 0 Å². The van der Waals surface area contributed by atoms with Gasteiger partial charge < -0.3 is 4.74 Å². The number of halogens is 1. The Hall–Kier alpha value is 0.400. The molecule has 0 unspecified atom stereocenters. The summed E-state index contributed by atoms with van der Waals surface area (Å²) >= 11 is 3.51. The Kier molecular flexibility index (Phi) is 6.86. The maximum absolute atomic E-state index is 5.64. The Morgan fingerprint density at radius 2 is 2.00 bits per heavy atom. The minimum Gasteiger partial charge on any atom is -0.380 e. The summed E-state index contributed by atoms with van der Waals surface area (Å²) in [6, 6.07) is 0.858. The van der Waals surface area contributed by atoms with Crippen LogP contribution in [0.2, 0.25) is 0 Å². The van der Waals surface area contributed by atoms with Crippen molar-refractivity contribution in [3.05, 3.63) is 0 Å². The number of alkyl halides is 1. The summed E-state index contributed by atoms with van der Waals surface area (Å²) in [6.45, 7) is 8.57. The monoisotopic (exact) mass is 277 g/mol. The summed E-state index contributed by atoms with van der Waals surface area (Å²) in [5.74, 6) is 0.757. The summed E-state index contributed by atoms with van der Waals surface area (Å²) in [4.78, 5) is 2.55. The molecule has 1 saturated carbocycles. The second-order valence-electron chi connectivity index (χ2n) is 4.75. The van der Waals surface area contributed by atoms with Crippen molar-refractivity contribution in [2.24, 2.45) is 5.92 Å². The van der Waals surface area contributed by atoms with Crippen molar-refractivity contribution in [1.82, 2.24) is 4.90 Å². The molecule has 0 aromatic heterocycles. The summed E-state index contributed by atoms with van der Waals surface area (Å²) in [5.41, 5.74) is 0. The standard InChI is InChI=1S/C12H24BrNO/c1-11(2)5-9-15-10-8-14(7-6-13)12-3-4-12/h11-12H,3-10H2,1-2H3. The molecule has 0 heterocycles. The van der Waals surface area contributed by atoms with Crippen LogP contribution in [0.1, 0.15) is 33.1 Å². The van der Waals surface area contributed by atoms with E-state index in [1.807, 2.05) is 0 Å². The highest BCUT2D eigenvalue weighted by Crippen LogP contribution is 2.26. The average molecular weight is 278 g/mol. The van der Waals surface area contributed by atoms with E-state index in [0.29, 0.717) is 0 Å². The Bertz CT molecular complexity index is 160. The molecule has 1 fully saturated rings. The smallest absolute Gasteiger partial charge is 0.0593 e. The molecule has 15 heavy (non-hydrogen) atoms. The zero-order valence-corrected chi connectivity index (χ0v) is 11.6. The van der Waals surface area contributed by atoms with Crippen LogP contribution in [0.3, 0.4) is 0 Å². The lowest BCUT2D eigenvalue weighted by Crippen LogP contribution is -2.31. The Balaban J connectivity index is 1.96. The number of hydrogen-bond donors (Lipinski definition) is 0. The first kappa shape index (κ1) is 13.5. The molecule has 0 aliphatic heterocycles. The first-order chi connectivity index (χ1) is 7.24. The molecule has 0 spiro atoms. The summed E-state index contributed by atoms with van der Waals surface area (Å²) in [7, 11) is 0. The molecule has 0 bridgehead atoms. The quantitative estimate of drug-likeness (QED) is 0.475. The third-order valence-electron chi connectivity index (χ3n) is 2.80. The summed E-state index contributed by atoms with van der Waals surface area (Å²) < 4.78 is 5.64. The van der Waals surface area contributed by atoms with Gasteiger partial charge in [0.05, 0.1) is 6.61 Å². The van der Waals surface area contributed by atoms with Crippen molar-refractivity contribution in [2.45, 2.75) is 39.2 Å². The molecule has 1 rings (SSSR count). The number of rotatable bonds is 9. The topological polar surface area (TPSA) is 12.5 Å². The van der Waals surface area contributed by atoms with E-state index in [1.54, 1.807) is 0 Å². The van der Waals surface area contributed by atoms with Crippen molar-refractivity contribution in [3.63, 3.8) is 0 Å². The fraction of sp³-hybridized carbons (Fsp3) is 1.00. The zero-order valence-electron chi connectivity index (χ0n) is 10.0. The predicted octanol–water partition coefficient (Wildman–Crippen LogP) is 2.91. The highest BCUT2D eigenvalue weighted by molar-refractivity contribution is 9.09. The molecule has 3 heteroatoms. The van der Waals surface area contributed by atoms with Crippen LogP contribution < -0.4 is 0 Å². The van der Waals surface area contributed by atoms with Gasteiger partial charge in [-0.1, -0.05) is 29.8 Å². The van der Waals surface area contributed by atoms with Gasteiger partial charge in [0.25, 0.3) is 0 Å². The summed E-state index contributed by atoms with van der Waals surface area (Å²) in [5, 5.41) is 1.08. The van der Waals surface area contributed by atoms with E-state index in [-0.39, 0.29) is 0 Å². The van der Waals surface area contributed by atoms with Crippen LogP contribution in [0.4, 0.5) is 0 Å². The second kappa shape index (κ2) is 7.64. The Labute approximate surface area is 102 Å². The molecule has 0 saturated heterocycles. The van der Waals surface area contributed by atoms with Crippen molar-refractivity contribution in [2.75, 3.05) is 31.6 Å². The lowest BCUT2D eigenvalue weighted by atomic mass is 10.1. The molecule has 0 aromatic carbocycles. The van der Waals surface area contributed by atoms with Crippen molar-refractivity contribution >= 4 is 15.9 Å². The minimum absolute atomic E-state index is 0.757. The molecule has 0 N–H and O–H groups in total. The van der Waals surface area contributed by atoms with Gasteiger partial charge in [0, 0.05) is 31.1 Å². The van der Waals surface area contributed by atoms with Gasteiger partial charge in [-0.2, -0.15) is 0 Å². The predicted molar refractivity (Wildman–Crippen MR) is 68.7 cm³/mol. The maximum atomic E-state index is 5.64. The Morgan fingerprint density at radius 1 is 1.27 bits per heavy atom. The fourth-order valence-electron chi connectivity index (χ4n) is 1.63. The van der Waals surface area contributed by atoms with Crippen LogP contribution in [0.15, 0.2) is 0 Å². The molecule has 1 aliphatic carbocycles. The normalized spacial score (nSPS) is 16.6. The van der Waals surface area contributed by atoms with E-state index < -0.39 is 0 Å². The highest BCUT2D eigenvalue weighted by atomic mass is 79.9. The SMILES string of the molecule is CC(C)CCOCCN(CCBr)C1CC1. The van der Waals surface area contributed by atoms with Gasteiger partial charge in [-0.15, -0.1) is 0 Å². The van der Waals surface area contributed by atoms with Gasteiger partial charge in [0.2, 0.25) is 0 Å². The maximum Gasteiger partial charge on any atom is 0.0593 e. The molecule has 0 aromatic rings. The second-order valence-corrected chi connectivity index (χ2v) is 5.54. The number of hydrogen-bond acceptors (Lipinski definition) is 2. The fourth-order valence-corrected chi connectivity index (χ4v) is 2.08. The molecule has 0 amide bonds. The van der Waals surface area contributed by atoms with E-state index in [4.69, 9.17) is 4.74 Å². The van der Waals surface area contributed by atoms with Gasteiger partial charge in [0.15, 0.2) is 0 Å². The molecule has 0 atom stereocenters. The Morgan fingerprint density at radius 3 is 2.53 bits per heavy atom. The van der Waals surface area contributed by atoms with Crippen LogP contribution in [-0.2, 0) is 4.74 Å². The van der Waals surface area contributed by atoms with Crippen molar-refractivity contribution in [3.8, 4) is 0 Å². The van der Waals surface area contributed by atoms with Crippen LogP contribution in [0, 0.1) is 5.92 Å². The first-order valence-electron chi connectivity index (χ1n) is 6.11. The number of ether oxygens (including phenoxy) is 1. The van der Waals surface area contributed by atoms with Crippen molar-refractivity contribution in [1.29, 1.82) is 0 Å². The van der Waals surface area contributed by atoms with Crippen LogP contribution >= 0.6 is 15.9 Å². The van der Waals surface area contributed by atoms with E-state index >= 15 is 0 Å². The third-order valence-corrected chi connectivity index (χ3v) is 3.15. The lowest BCUT2D eigenvalue weighted by Gasteiger charge is -2.20. The van der Waals surface area contributed by atoms with E-state index in [0.717, 1.165) is 43.6 Å². The van der Waals surface area contributed by atoms with Gasteiger partial charge >= 0.3 is 0 Å². The lowest BCUT2D eigenvalue weighted by molar-refractivity contribution is 0.0957. The molecular formula is C12H24BrNO. The van der Waals surface area contributed by atoms with Crippen molar-refractivity contribution < 1.29 is 4.74 Å². The molecule has 2 nitrogen and oxygen atoms in total. The van der Waals surface area contributed by atoms with Crippen LogP contribution in [0.5, 0.6) is 0 Å². The minimum atomic E-state index is 0.757. The van der Waals surface area contributed by atoms with Gasteiger partial charge in [-0.05, 0) is 25.2 Å². The van der Waals surface area contributed by atoms with Gasteiger partial charge in [-0.25, -0.2) is 0 Å². The highest BCUT2D eigenvalue weighted by Gasteiger charge is 2.27. The van der Waals surface area contributed by atoms with E-state index in [2.05, 4.69) is 34.7 Å². The zero-order chi connectivity index (χ0) is 11.1. The van der Waals surface area contributed by atoms with Gasteiger partial charge in [-0.3, -0.25) is 4.90 Å². The average Bonchev–Trinajstić information content (AvgIpc) is 2.98. The molecule has 1 aliphatic rings. The number of nitrogens with zero attached hydrogens (tertiary/aromatic N) is 1. The molecule has 0 radical (unpaired) electrons. The molecule has 90 valence electrons. The van der Waals surface area contributed by atoms with E-state index in [1.165, 1.54) is 19.3 Å². The molecular weight excluding hydrogens is 254 g/mol. The largest absolute Gasteiger partial charge is 0.380 e. The summed E-state index contributed by atoms with van der Waals surface area (Å²) in [6.07, 6.45) is 3.96. The van der Waals surface area contributed by atoms with Crippen LogP contribution in [-0.4, -0.2) is 42.6 Å².